The van der Waals surface area contributed by atoms with E-state index in [0.29, 0.717) is 6.54 Å². The summed E-state index contributed by atoms with van der Waals surface area (Å²) in [5.41, 5.74) is 4.80. The van der Waals surface area contributed by atoms with Crippen molar-refractivity contribution in [3.8, 4) is 10.6 Å². The van der Waals surface area contributed by atoms with E-state index in [1.165, 1.54) is 0 Å². The molecule has 0 spiro atoms. The van der Waals surface area contributed by atoms with Crippen LogP contribution in [-0.2, 0) is 6.54 Å². The minimum Gasteiger partial charge on any atom is -0.264 e. The number of aromatic nitrogens is 5. The van der Waals surface area contributed by atoms with E-state index in [-0.39, 0.29) is 0 Å². The van der Waals surface area contributed by atoms with Crippen LogP contribution in [0.3, 0.4) is 0 Å². The van der Waals surface area contributed by atoms with E-state index >= 15 is 0 Å². The van der Waals surface area contributed by atoms with Gasteiger partial charge in [0.2, 0.25) is 0 Å². The summed E-state index contributed by atoms with van der Waals surface area (Å²) in [5.74, 6) is 0. The number of pyridine rings is 1. The first-order valence-corrected chi connectivity index (χ1v) is 6.40. The third kappa shape index (κ3) is 2.14. The molecular weight excluding hydrogens is 246 g/mol. The molecule has 5 nitrogen and oxygen atoms in total. The van der Waals surface area contributed by atoms with E-state index in [1.807, 2.05) is 41.6 Å². The molecule has 0 aliphatic rings. The van der Waals surface area contributed by atoms with Crippen molar-refractivity contribution in [2.24, 2.45) is 0 Å². The van der Waals surface area contributed by atoms with Gasteiger partial charge in [0.05, 0.1) is 28.8 Å². The second-order valence-electron chi connectivity index (χ2n) is 3.93. The zero-order valence-corrected chi connectivity index (χ0v) is 10.6. The van der Waals surface area contributed by atoms with E-state index in [2.05, 4.69) is 20.3 Å². The molecule has 0 bridgehead atoms. The molecule has 18 heavy (non-hydrogen) atoms. The van der Waals surface area contributed by atoms with Crippen LogP contribution in [0.15, 0.2) is 36.2 Å². The molecule has 0 saturated carbocycles. The summed E-state index contributed by atoms with van der Waals surface area (Å²) in [5, 5.41) is 8.30. The summed E-state index contributed by atoms with van der Waals surface area (Å²) in [6.45, 7) is 2.66. The van der Waals surface area contributed by atoms with Gasteiger partial charge in [-0.05, 0) is 18.6 Å². The van der Waals surface area contributed by atoms with E-state index in [9.17, 15) is 0 Å². The summed E-state index contributed by atoms with van der Waals surface area (Å²) in [6.07, 6.45) is 5.53. The Hall–Kier alpha value is -2.08. The molecule has 0 unspecified atom stereocenters. The van der Waals surface area contributed by atoms with Gasteiger partial charge < -0.3 is 0 Å². The number of hydrogen-bond donors (Lipinski definition) is 0. The monoisotopic (exact) mass is 257 g/mol. The van der Waals surface area contributed by atoms with Crippen LogP contribution >= 0.6 is 11.3 Å². The lowest BCUT2D eigenvalue weighted by Crippen LogP contribution is -2.00. The summed E-state index contributed by atoms with van der Waals surface area (Å²) in [7, 11) is 0. The highest BCUT2D eigenvalue weighted by Gasteiger charge is 2.09. The summed E-state index contributed by atoms with van der Waals surface area (Å²) < 4.78 is 1.81. The van der Waals surface area contributed by atoms with E-state index in [0.717, 1.165) is 21.8 Å². The third-order valence-corrected chi connectivity index (χ3v) is 3.54. The first-order chi connectivity index (χ1) is 8.83. The van der Waals surface area contributed by atoms with Crippen LogP contribution in [0.25, 0.3) is 10.6 Å². The fourth-order valence-corrected chi connectivity index (χ4v) is 2.46. The molecule has 0 aliphatic heterocycles. The second kappa shape index (κ2) is 4.66. The summed E-state index contributed by atoms with van der Waals surface area (Å²) in [6, 6.07) is 3.94. The Kier molecular flexibility index (Phi) is 2.85. The Morgan fingerprint density at radius 2 is 2.33 bits per heavy atom. The zero-order chi connectivity index (χ0) is 12.4. The van der Waals surface area contributed by atoms with Gasteiger partial charge >= 0.3 is 0 Å². The molecule has 0 N–H and O–H groups in total. The largest absolute Gasteiger partial charge is 0.264 e. The molecule has 0 fully saturated rings. The Morgan fingerprint density at radius 1 is 1.39 bits per heavy atom. The van der Waals surface area contributed by atoms with Gasteiger partial charge in [-0.1, -0.05) is 11.3 Å². The van der Waals surface area contributed by atoms with Gasteiger partial charge in [0.15, 0.2) is 0 Å². The molecule has 3 aromatic rings. The van der Waals surface area contributed by atoms with Crippen molar-refractivity contribution in [3.63, 3.8) is 0 Å². The summed E-state index contributed by atoms with van der Waals surface area (Å²) in [4.78, 5) is 9.38. The highest BCUT2D eigenvalue weighted by atomic mass is 32.1. The molecule has 0 aromatic carbocycles. The number of rotatable bonds is 3. The van der Waals surface area contributed by atoms with Gasteiger partial charge in [0.25, 0.3) is 0 Å². The minimum absolute atomic E-state index is 0.679. The maximum atomic E-state index is 4.22. The van der Waals surface area contributed by atoms with Gasteiger partial charge in [-0.3, -0.25) is 4.98 Å². The maximum absolute atomic E-state index is 4.22. The number of hydrogen-bond acceptors (Lipinski definition) is 5. The van der Waals surface area contributed by atoms with Crippen LogP contribution in [-0.4, -0.2) is 25.0 Å². The fraction of sp³-hybridized carbons (Fsp3) is 0.167. The number of aryl methyl sites for hydroxylation is 1. The molecule has 0 aliphatic carbocycles. The van der Waals surface area contributed by atoms with Crippen molar-refractivity contribution < 1.29 is 0 Å². The lowest BCUT2D eigenvalue weighted by molar-refractivity contribution is 0.648. The smallest absolute Gasteiger partial charge is 0.124 e. The van der Waals surface area contributed by atoms with Crippen LogP contribution in [0.2, 0.25) is 0 Å². The predicted octanol–water partition coefficient (Wildman–Crippen LogP) is 2.15. The molecule has 0 atom stereocenters. The Balaban J connectivity index is 1.84. The van der Waals surface area contributed by atoms with Crippen molar-refractivity contribution in [2.45, 2.75) is 13.5 Å². The van der Waals surface area contributed by atoms with Crippen LogP contribution in [0.5, 0.6) is 0 Å². The van der Waals surface area contributed by atoms with Crippen molar-refractivity contribution >= 4 is 11.3 Å². The molecule has 3 rings (SSSR count). The molecule has 3 heterocycles. The lowest BCUT2D eigenvalue weighted by Gasteiger charge is -1.98. The van der Waals surface area contributed by atoms with E-state index in [4.69, 9.17) is 0 Å². The SMILES string of the molecule is Cc1ncsc1-c1cn(Cc2cccnc2)nn1. The third-order valence-electron chi connectivity index (χ3n) is 2.58. The van der Waals surface area contributed by atoms with Gasteiger partial charge in [-0.15, -0.1) is 16.4 Å². The molecule has 90 valence electrons. The van der Waals surface area contributed by atoms with Crippen molar-refractivity contribution in [1.82, 2.24) is 25.0 Å². The molecule has 3 aromatic heterocycles. The van der Waals surface area contributed by atoms with Gasteiger partial charge in [-0.25, -0.2) is 9.67 Å². The van der Waals surface area contributed by atoms with Crippen LogP contribution in [0.4, 0.5) is 0 Å². The molecular formula is C12H11N5S. The first kappa shape index (κ1) is 11.0. The van der Waals surface area contributed by atoms with Crippen LogP contribution in [0.1, 0.15) is 11.3 Å². The molecule has 0 amide bonds. The highest BCUT2D eigenvalue weighted by Crippen LogP contribution is 2.24. The Labute approximate surface area is 108 Å². The van der Waals surface area contributed by atoms with Crippen molar-refractivity contribution in [2.75, 3.05) is 0 Å². The highest BCUT2D eigenvalue weighted by molar-refractivity contribution is 7.13. The lowest BCUT2D eigenvalue weighted by atomic mass is 10.3. The quantitative estimate of drug-likeness (QED) is 0.721. The van der Waals surface area contributed by atoms with Crippen LogP contribution < -0.4 is 0 Å². The molecule has 0 saturated heterocycles. The zero-order valence-electron chi connectivity index (χ0n) is 9.82. The molecule has 0 radical (unpaired) electrons. The Morgan fingerprint density at radius 3 is 3.06 bits per heavy atom. The van der Waals surface area contributed by atoms with Gasteiger partial charge in [-0.2, -0.15) is 0 Å². The second-order valence-corrected chi connectivity index (χ2v) is 4.78. The predicted molar refractivity (Wildman–Crippen MR) is 69.2 cm³/mol. The van der Waals surface area contributed by atoms with E-state index < -0.39 is 0 Å². The van der Waals surface area contributed by atoms with Gasteiger partial charge in [0, 0.05) is 12.4 Å². The normalized spacial score (nSPS) is 10.7. The van der Waals surface area contributed by atoms with Crippen LogP contribution in [0, 0.1) is 6.92 Å². The molecule has 6 heteroatoms. The maximum Gasteiger partial charge on any atom is 0.124 e. The minimum atomic E-state index is 0.679. The summed E-state index contributed by atoms with van der Waals surface area (Å²) >= 11 is 1.58. The number of thiazole rings is 1. The average Bonchev–Trinajstić information content (AvgIpc) is 2.99. The van der Waals surface area contributed by atoms with E-state index in [1.54, 1.807) is 17.5 Å². The Bertz CT molecular complexity index is 643. The topological polar surface area (TPSA) is 56.5 Å². The van der Waals surface area contributed by atoms with Crippen molar-refractivity contribution in [1.29, 1.82) is 0 Å². The number of nitrogens with zero attached hydrogens (tertiary/aromatic N) is 5. The van der Waals surface area contributed by atoms with Crippen molar-refractivity contribution in [3.05, 3.63) is 47.5 Å². The standard InChI is InChI=1S/C12H11N5S/c1-9-12(18-8-14-9)11-7-17(16-15-11)6-10-3-2-4-13-5-10/h2-5,7-8H,6H2,1H3. The first-order valence-electron chi connectivity index (χ1n) is 5.52. The fourth-order valence-electron chi connectivity index (χ4n) is 1.71. The average molecular weight is 257 g/mol. The van der Waals surface area contributed by atoms with Gasteiger partial charge in [0.1, 0.15) is 5.69 Å².